The second-order valence-corrected chi connectivity index (χ2v) is 6.99. The lowest BCUT2D eigenvalue weighted by Gasteiger charge is -2.38. The van der Waals surface area contributed by atoms with Crippen molar-refractivity contribution in [2.45, 2.75) is 26.4 Å². The number of aryl methyl sites for hydroxylation is 1. The molecule has 0 unspecified atom stereocenters. The molecule has 0 aromatic carbocycles. The molecule has 5 nitrogen and oxygen atoms in total. The molecule has 2 aromatic rings. The van der Waals surface area contributed by atoms with Gasteiger partial charge in [-0.05, 0) is 32.4 Å². The molecule has 0 atom stereocenters. The maximum atomic E-state index is 12.8. The molecule has 1 aliphatic heterocycles. The van der Waals surface area contributed by atoms with E-state index in [1.54, 1.807) is 6.20 Å². The number of carbonyl (C=O) groups is 1. The van der Waals surface area contributed by atoms with Gasteiger partial charge in [0.05, 0.1) is 17.9 Å². The topological polar surface area (TPSA) is 68.5 Å². The summed E-state index contributed by atoms with van der Waals surface area (Å²) in [6.45, 7) is 7.70. The summed E-state index contributed by atoms with van der Waals surface area (Å²) in [7, 11) is 0. The number of aromatic nitrogens is 1. The fraction of sp³-hybridized carbons (Fsp3) is 0.467. The Morgan fingerprint density at radius 1 is 1.52 bits per heavy atom. The molecule has 1 aliphatic rings. The van der Waals surface area contributed by atoms with E-state index in [-0.39, 0.29) is 11.5 Å². The first-order chi connectivity index (χ1) is 9.89. The Morgan fingerprint density at radius 3 is 2.95 bits per heavy atom. The second kappa shape index (κ2) is 4.96. The van der Waals surface area contributed by atoms with E-state index in [4.69, 9.17) is 10.5 Å². The van der Waals surface area contributed by atoms with Gasteiger partial charge in [0.1, 0.15) is 9.71 Å². The van der Waals surface area contributed by atoms with Crippen LogP contribution < -0.4 is 5.73 Å². The minimum absolute atomic E-state index is 0.0220. The Balaban J connectivity index is 1.99. The number of thiophene rings is 1. The molecule has 0 bridgehead atoms. The zero-order valence-electron chi connectivity index (χ0n) is 12.5. The van der Waals surface area contributed by atoms with Crippen LogP contribution in [0.4, 0.5) is 5.69 Å². The lowest BCUT2D eigenvalue weighted by molar-refractivity contribution is -0.0762. The monoisotopic (exact) mass is 305 g/mol. The third kappa shape index (κ3) is 2.49. The van der Waals surface area contributed by atoms with Gasteiger partial charge in [0, 0.05) is 24.7 Å². The molecule has 0 spiro atoms. The van der Waals surface area contributed by atoms with E-state index in [1.807, 2.05) is 31.7 Å². The lowest BCUT2D eigenvalue weighted by atomic mass is 10.1. The number of nitrogens with two attached hydrogens (primary N) is 1. The molecule has 2 aromatic heterocycles. The quantitative estimate of drug-likeness (QED) is 0.878. The van der Waals surface area contributed by atoms with E-state index in [2.05, 4.69) is 4.98 Å². The SMILES string of the molecule is Cc1ccnc2sc(C(=O)N3CCOC(C)(C)C3)c(N)c12. The Labute approximate surface area is 127 Å². The van der Waals surface area contributed by atoms with Crippen LogP contribution in [0.5, 0.6) is 0 Å². The summed E-state index contributed by atoms with van der Waals surface area (Å²) in [5, 5.41) is 0.901. The van der Waals surface area contributed by atoms with Crippen LogP contribution in [0.3, 0.4) is 0 Å². The predicted molar refractivity (Wildman–Crippen MR) is 84.7 cm³/mol. The van der Waals surface area contributed by atoms with Crippen LogP contribution in [0, 0.1) is 6.92 Å². The van der Waals surface area contributed by atoms with Crippen LogP contribution in [-0.4, -0.2) is 41.1 Å². The second-order valence-electron chi connectivity index (χ2n) is 5.99. The first-order valence-corrected chi connectivity index (χ1v) is 7.77. The molecule has 112 valence electrons. The molecular formula is C15H19N3O2S. The summed E-state index contributed by atoms with van der Waals surface area (Å²) in [6, 6.07) is 1.91. The predicted octanol–water partition coefficient (Wildman–Crippen LogP) is 2.44. The van der Waals surface area contributed by atoms with Gasteiger partial charge in [-0.25, -0.2) is 4.98 Å². The van der Waals surface area contributed by atoms with Gasteiger partial charge in [-0.15, -0.1) is 11.3 Å². The number of morpholine rings is 1. The standard InChI is InChI=1S/C15H19N3O2S/c1-9-4-5-17-13-10(9)11(16)12(21-13)14(19)18-6-7-20-15(2,3)8-18/h4-5H,6-8,16H2,1-3H3. The first-order valence-electron chi connectivity index (χ1n) is 6.96. The van der Waals surface area contributed by atoms with Gasteiger partial charge in [-0.1, -0.05) is 0 Å². The minimum atomic E-state index is -0.312. The van der Waals surface area contributed by atoms with Gasteiger partial charge in [0.15, 0.2) is 0 Å². The summed E-state index contributed by atoms with van der Waals surface area (Å²) in [4.78, 5) is 20.3. The molecule has 1 amide bonds. The van der Waals surface area contributed by atoms with E-state index >= 15 is 0 Å². The van der Waals surface area contributed by atoms with Crippen molar-refractivity contribution in [2.24, 2.45) is 0 Å². The van der Waals surface area contributed by atoms with Crippen molar-refractivity contribution in [3.05, 3.63) is 22.7 Å². The van der Waals surface area contributed by atoms with E-state index in [9.17, 15) is 4.79 Å². The zero-order chi connectivity index (χ0) is 15.2. The number of nitrogens with zero attached hydrogens (tertiary/aromatic N) is 2. The van der Waals surface area contributed by atoms with E-state index in [0.29, 0.717) is 30.3 Å². The van der Waals surface area contributed by atoms with Crippen molar-refractivity contribution >= 4 is 33.1 Å². The van der Waals surface area contributed by atoms with Crippen molar-refractivity contribution in [3.63, 3.8) is 0 Å². The third-order valence-electron chi connectivity index (χ3n) is 3.74. The lowest BCUT2D eigenvalue weighted by Crippen LogP contribution is -2.50. The zero-order valence-corrected chi connectivity index (χ0v) is 13.3. The average molecular weight is 305 g/mol. The number of nitrogen functional groups attached to an aromatic ring is 1. The number of hydrogen-bond acceptors (Lipinski definition) is 5. The van der Waals surface area contributed by atoms with Crippen molar-refractivity contribution in [3.8, 4) is 0 Å². The van der Waals surface area contributed by atoms with Crippen molar-refractivity contribution in [1.82, 2.24) is 9.88 Å². The van der Waals surface area contributed by atoms with E-state index < -0.39 is 0 Å². The number of carbonyl (C=O) groups excluding carboxylic acids is 1. The fourth-order valence-electron chi connectivity index (χ4n) is 2.70. The highest BCUT2D eigenvalue weighted by atomic mass is 32.1. The molecule has 0 saturated carbocycles. The number of rotatable bonds is 1. The van der Waals surface area contributed by atoms with Crippen molar-refractivity contribution in [2.75, 3.05) is 25.4 Å². The Morgan fingerprint density at radius 2 is 2.29 bits per heavy atom. The highest BCUT2D eigenvalue weighted by molar-refractivity contribution is 7.21. The van der Waals surface area contributed by atoms with Crippen LogP contribution >= 0.6 is 11.3 Å². The Kier molecular flexibility index (Phi) is 3.37. The summed E-state index contributed by atoms with van der Waals surface area (Å²) >= 11 is 1.37. The molecule has 3 rings (SSSR count). The number of pyridine rings is 1. The summed E-state index contributed by atoms with van der Waals surface area (Å²) in [5.41, 5.74) is 7.50. The van der Waals surface area contributed by atoms with E-state index in [1.165, 1.54) is 11.3 Å². The molecule has 1 saturated heterocycles. The highest BCUT2D eigenvalue weighted by Gasteiger charge is 2.32. The summed E-state index contributed by atoms with van der Waals surface area (Å²) < 4.78 is 5.66. The molecule has 21 heavy (non-hydrogen) atoms. The average Bonchev–Trinajstić information content (AvgIpc) is 2.75. The molecule has 6 heteroatoms. The maximum Gasteiger partial charge on any atom is 0.266 e. The van der Waals surface area contributed by atoms with Gasteiger partial charge in [-0.2, -0.15) is 0 Å². The molecule has 0 radical (unpaired) electrons. The summed E-state index contributed by atoms with van der Waals surface area (Å²) in [6.07, 6.45) is 1.75. The van der Waals surface area contributed by atoms with Gasteiger partial charge in [-0.3, -0.25) is 4.79 Å². The smallest absolute Gasteiger partial charge is 0.266 e. The van der Waals surface area contributed by atoms with Gasteiger partial charge in [0.2, 0.25) is 0 Å². The summed E-state index contributed by atoms with van der Waals surface area (Å²) in [5.74, 6) is -0.0220. The van der Waals surface area contributed by atoms with Crippen molar-refractivity contribution < 1.29 is 9.53 Å². The van der Waals surface area contributed by atoms with Gasteiger partial charge < -0.3 is 15.4 Å². The maximum absolute atomic E-state index is 12.8. The molecule has 0 aliphatic carbocycles. The van der Waals surface area contributed by atoms with Crippen LogP contribution in [0.1, 0.15) is 29.1 Å². The van der Waals surface area contributed by atoms with Gasteiger partial charge in [0.25, 0.3) is 5.91 Å². The number of amides is 1. The molecular weight excluding hydrogens is 286 g/mol. The van der Waals surface area contributed by atoms with Gasteiger partial charge >= 0.3 is 0 Å². The van der Waals surface area contributed by atoms with Crippen molar-refractivity contribution in [1.29, 1.82) is 0 Å². The van der Waals surface area contributed by atoms with Crippen LogP contribution in [-0.2, 0) is 4.74 Å². The molecule has 3 heterocycles. The largest absolute Gasteiger partial charge is 0.397 e. The van der Waals surface area contributed by atoms with E-state index in [0.717, 1.165) is 15.8 Å². The Hall–Kier alpha value is -1.66. The fourth-order valence-corrected chi connectivity index (χ4v) is 3.80. The number of hydrogen-bond donors (Lipinski definition) is 1. The number of fused-ring (bicyclic) bond motifs is 1. The Bertz CT molecular complexity index is 708. The number of ether oxygens (including phenoxy) is 1. The van der Waals surface area contributed by atoms with Crippen LogP contribution in [0.2, 0.25) is 0 Å². The molecule has 1 fully saturated rings. The third-order valence-corrected chi connectivity index (χ3v) is 4.85. The van der Waals surface area contributed by atoms with Crippen LogP contribution in [0.15, 0.2) is 12.3 Å². The van der Waals surface area contributed by atoms with Crippen LogP contribution in [0.25, 0.3) is 10.2 Å². The molecule has 2 N–H and O–H groups in total. The number of anilines is 1. The highest BCUT2D eigenvalue weighted by Crippen LogP contribution is 2.35. The normalized spacial score (nSPS) is 18.1. The minimum Gasteiger partial charge on any atom is -0.397 e. The first kappa shape index (κ1) is 14.3.